The van der Waals surface area contributed by atoms with Crippen LogP contribution in [0.3, 0.4) is 0 Å². The lowest BCUT2D eigenvalue weighted by molar-refractivity contribution is 0.464. The molecule has 17 heavy (non-hydrogen) atoms. The van der Waals surface area contributed by atoms with Gasteiger partial charge in [-0.1, -0.05) is 12.8 Å². The molecule has 2 unspecified atom stereocenters. The van der Waals surface area contributed by atoms with Crippen LogP contribution in [0.4, 0.5) is 0 Å². The first-order chi connectivity index (χ1) is 8.25. The minimum atomic E-state index is 0.369. The van der Waals surface area contributed by atoms with Crippen LogP contribution in [0.2, 0.25) is 0 Å². The molecule has 0 radical (unpaired) electrons. The molecule has 0 amide bonds. The van der Waals surface area contributed by atoms with Gasteiger partial charge in [0.2, 0.25) is 0 Å². The second-order valence-corrected chi connectivity index (χ2v) is 5.68. The molecule has 2 atom stereocenters. The van der Waals surface area contributed by atoms with Crippen molar-refractivity contribution in [3.63, 3.8) is 0 Å². The summed E-state index contributed by atoms with van der Waals surface area (Å²) in [6.45, 7) is 2.09. The highest BCUT2D eigenvalue weighted by molar-refractivity contribution is 5.07. The Bertz CT molecular complexity index is 392. The van der Waals surface area contributed by atoms with Crippen molar-refractivity contribution in [3.05, 3.63) is 11.6 Å². The Balaban J connectivity index is 1.88. The van der Waals surface area contributed by atoms with Gasteiger partial charge in [-0.05, 0) is 39.0 Å². The normalized spacial score (nSPS) is 30.2. The highest BCUT2D eigenvalue weighted by atomic mass is 15.3. The fourth-order valence-corrected chi connectivity index (χ4v) is 3.53. The topological polar surface area (TPSA) is 56.7 Å². The van der Waals surface area contributed by atoms with E-state index >= 15 is 0 Å². The van der Waals surface area contributed by atoms with Gasteiger partial charge in [0.05, 0.1) is 0 Å². The van der Waals surface area contributed by atoms with Gasteiger partial charge in [-0.2, -0.15) is 0 Å². The van der Waals surface area contributed by atoms with Gasteiger partial charge < -0.3 is 10.3 Å². The Morgan fingerprint density at radius 1 is 1.12 bits per heavy atom. The Hall–Kier alpha value is -0.900. The number of hydrogen-bond acceptors (Lipinski definition) is 3. The molecular formula is C13H22N4. The van der Waals surface area contributed by atoms with E-state index in [0.717, 1.165) is 18.7 Å². The maximum absolute atomic E-state index is 6.02. The number of rotatable bonds is 2. The van der Waals surface area contributed by atoms with Gasteiger partial charge in [0.15, 0.2) is 0 Å². The molecule has 4 nitrogen and oxygen atoms in total. The van der Waals surface area contributed by atoms with Gasteiger partial charge in [-0.3, -0.25) is 0 Å². The van der Waals surface area contributed by atoms with E-state index in [9.17, 15) is 0 Å². The fraction of sp³-hybridized carbons (Fsp3) is 0.846. The Labute approximate surface area is 103 Å². The summed E-state index contributed by atoms with van der Waals surface area (Å²) < 4.78 is 2.41. The van der Waals surface area contributed by atoms with Crippen LogP contribution in [0, 0.1) is 6.92 Å². The summed E-state index contributed by atoms with van der Waals surface area (Å²) in [6, 6.07) is 1.02. The number of nitrogens with zero attached hydrogens (tertiary/aromatic N) is 3. The molecule has 94 valence electrons. The summed E-state index contributed by atoms with van der Waals surface area (Å²) in [6.07, 6.45) is 8.71. The standard InChI is InChI=1S/C13H22N4/c1-9-15-16-13(10-6-7-11(14)8-10)17(9)12-4-2-3-5-12/h10-12H,2-8,14H2,1H3. The van der Waals surface area contributed by atoms with Crippen molar-refractivity contribution in [2.24, 2.45) is 5.73 Å². The predicted molar refractivity (Wildman–Crippen MR) is 66.8 cm³/mol. The first-order valence-electron chi connectivity index (χ1n) is 6.92. The van der Waals surface area contributed by atoms with Gasteiger partial charge in [-0.25, -0.2) is 0 Å². The van der Waals surface area contributed by atoms with Crippen molar-refractivity contribution in [3.8, 4) is 0 Å². The van der Waals surface area contributed by atoms with Crippen molar-refractivity contribution >= 4 is 0 Å². The highest BCUT2D eigenvalue weighted by Crippen LogP contribution is 2.37. The molecule has 1 aromatic heterocycles. The molecule has 2 aliphatic carbocycles. The van der Waals surface area contributed by atoms with Crippen LogP contribution in [0.5, 0.6) is 0 Å². The van der Waals surface area contributed by atoms with E-state index in [1.807, 2.05) is 0 Å². The molecule has 4 heteroatoms. The van der Waals surface area contributed by atoms with E-state index in [1.54, 1.807) is 0 Å². The Morgan fingerprint density at radius 2 is 1.88 bits per heavy atom. The lowest BCUT2D eigenvalue weighted by Crippen LogP contribution is -2.17. The average Bonchev–Trinajstić information content (AvgIpc) is 2.97. The zero-order valence-electron chi connectivity index (χ0n) is 10.6. The van der Waals surface area contributed by atoms with Crippen LogP contribution in [0.1, 0.15) is 68.6 Å². The quantitative estimate of drug-likeness (QED) is 0.854. The maximum Gasteiger partial charge on any atom is 0.136 e. The van der Waals surface area contributed by atoms with E-state index in [-0.39, 0.29) is 0 Å². The minimum Gasteiger partial charge on any atom is -0.328 e. The van der Waals surface area contributed by atoms with E-state index in [4.69, 9.17) is 5.73 Å². The van der Waals surface area contributed by atoms with Crippen LogP contribution in [0.15, 0.2) is 0 Å². The Kier molecular flexibility index (Phi) is 2.90. The van der Waals surface area contributed by atoms with E-state index in [2.05, 4.69) is 21.7 Å². The number of aromatic nitrogens is 3. The molecule has 0 spiro atoms. The molecule has 0 bridgehead atoms. The molecule has 0 aliphatic heterocycles. The summed E-state index contributed by atoms with van der Waals surface area (Å²) in [5, 5.41) is 8.74. The van der Waals surface area contributed by atoms with Gasteiger partial charge in [0, 0.05) is 18.0 Å². The summed E-state index contributed by atoms with van der Waals surface area (Å²) in [5.74, 6) is 2.85. The fourth-order valence-electron chi connectivity index (χ4n) is 3.53. The lowest BCUT2D eigenvalue weighted by Gasteiger charge is -2.18. The maximum atomic E-state index is 6.02. The summed E-state index contributed by atoms with van der Waals surface area (Å²) in [7, 11) is 0. The molecule has 1 aromatic rings. The molecule has 3 rings (SSSR count). The van der Waals surface area contributed by atoms with Crippen molar-refractivity contribution in [1.29, 1.82) is 0 Å². The molecule has 1 heterocycles. The van der Waals surface area contributed by atoms with Gasteiger partial charge in [0.25, 0.3) is 0 Å². The monoisotopic (exact) mass is 234 g/mol. The zero-order chi connectivity index (χ0) is 11.8. The van der Waals surface area contributed by atoms with Crippen molar-refractivity contribution < 1.29 is 0 Å². The second-order valence-electron chi connectivity index (χ2n) is 5.68. The number of aryl methyl sites for hydroxylation is 1. The average molecular weight is 234 g/mol. The summed E-state index contributed by atoms with van der Waals surface area (Å²) >= 11 is 0. The molecule has 2 saturated carbocycles. The Morgan fingerprint density at radius 3 is 2.53 bits per heavy atom. The molecular weight excluding hydrogens is 212 g/mol. The van der Waals surface area contributed by atoms with Crippen LogP contribution < -0.4 is 5.73 Å². The summed E-state index contributed by atoms with van der Waals surface area (Å²) in [4.78, 5) is 0. The van der Waals surface area contributed by atoms with Crippen LogP contribution in [-0.4, -0.2) is 20.8 Å². The third-order valence-corrected chi connectivity index (χ3v) is 4.42. The molecule has 0 aromatic carbocycles. The van der Waals surface area contributed by atoms with Gasteiger partial charge in [-0.15, -0.1) is 10.2 Å². The predicted octanol–water partition coefficient (Wildman–Crippen LogP) is 2.30. The first kappa shape index (κ1) is 11.2. The van der Waals surface area contributed by atoms with E-state index in [1.165, 1.54) is 37.9 Å². The van der Waals surface area contributed by atoms with Crippen molar-refractivity contribution in [2.75, 3.05) is 0 Å². The van der Waals surface area contributed by atoms with Gasteiger partial charge in [0.1, 0.15) is 11.6 Å². The third-order valence-electron chi connectivity index (χ3n) is 4.42. The highest BCUT2D eigenvalue weighted by Gasteiger charge is 2.30. The molecule has 0 saturated heterocycles. The zero-order valence-corrected chi connectivity index (χ0v) is 10.6. The van der Waals surface area contributed by atoms with Crippen LogP contribution >= 0.6 is 0 Å². The largest absolute Gasteiger partial charge is 0.328 e. The smallest absolute Gasteiger partial charge is 0.136 e. The van der Waals surface area contributed by atoms with Crippen molar-refractivity contribution in [2.45, 2.75) is 69.9 Å². The van der Waals surface area contributed by atoms with Crippen molar-refractivity contribution in [1.82, 2.24) is 14.8 Å². The number of hydrogen-bond donors (Lipinski definition) is 1. The van der Waals surface area contributed by atoms with Crippen LogP contribution in [0.25, 0.3) is 0 Å². The van der Waals surface area contributed by atoms with E-state index < -0.39 is 0 Å². The van der Waals surface area contributed by atoms with E-state index in [0.29, 0.717) is 18.0 Å². The molecule has 2 N–H and O–H groups in total. The summed E-state index contributed by atoms with van der Waals surface area (Å²) in [5.41, 5.74) is 6.02. The SMILES string of the molecule is Cc1nnc(C2CCC(N)C2)n1C1CCCC1. The van der Waals surface area contributed by atoms with Gasteiger partial charge >= 0.3 is 0 Å². The second kappa shape index (κ2) is 4.41. The van der Waals surface area contributed by atoms with Crippen LogP contribution in [-0.2, 0) is 0 Å². The number of nitrogens with two attached hydrogens (primary N) is 1. The molecule has 2 fully saturated rings. The minimum absolute atomic E-state index is 0.369. The molecule has 2 aliphatic rings. The lowest BCUT2D eigenvalue weighted by atomic mass is 10.1. The third kappa shape index (κ3) is 1.99. The first-order valence-corrected chi connectivity index (χ1v) is 6.92.